The van der Waals surface area contributed by atoms with Gasteiger partial charge in [0.2, 0.25) is 0 Å². The van der Waals surface area contributed by atoms with E-state index < -0.39 is 11.7 Å². The Morgan fingerprint density at radius 3 is 2.91 bits per heavy atom. The zero-order chi connectivity index (χ0) is 16.2. The predicted octanol–water partition coefficient (Wildman–Crippen LogP) is 3.58. The molecule has 0 aliphatic carbocycles. The van der Waals surface area contributed by atoms with Crippen molar-refractivity contribution in [2.75, 3.05) is 6.54 Å². The van der Waals surface area contributed by atoms with Crippen molar-refractivity contribution in [1.29, 1.82) is 5.26 Å². The zero-order valence-corrected chi connectivity index (χ0v) is 12.9. The molecule has 0 spiro atoms. The molecule has 2 aromatic rings. The van der Waals surface area contributed by atoms with Crippen LogP contribution in [-0.4, -0.2) is 23.2 Å². The molecule has 1 aromatic heterocycles. The highest BCUT2D eigenvalue weighted by molar-refractivity contribution is 5.89. The van der Waals surface area contributed by atoms with E-state index in [1.807, 2.05) is 51.3 Å². The highest BCUT2D eigenvalue weighted by Gasteiger charge is 2.14. The molecule has 0 saturated carbocycles. The van der Waals surface area contributed by atoms with Gasteiger partial charge in [0, 0.05) is 23.6 Å². The van der Waals surface area contributed by atoms with Crippen LogP contribution >= 0.6 is 0 Å². The van der Waals surface area contributed by atoms with E-state index in [-0.39, 0.29) is 0 Å². The molecule has 1 heterocycles. The van der Waals surface area contributed by atoms with Crippen LogP contribution in [0.5, 0.6) is 0 Å². The number of aromatic amines is 1. The van der Waals surface area contributed by atoms with Crippen molar-refractivity contribution in [3.05, 3.63) is 41.6 Å². The van der Waals surface area contributed by atoms with Gasteiger partial charge in [-0.05, 0) is 44.5 Å². The number of H-pyrrole nitrogens is 1. The van der Waals surface area contributed by atoms with Crippen LogP contribution in [0, 0.1) is 11.3 Å². The fraction of sp³-hybridized carbons (Fsp3) is 0.294. The summed E-state index contributed by atoms with van der Waals surface area (Å²) < 4.78 is 5.15. The molecule has 5 nitrogen and oxygen atoms in total. The summed E-state index contributed by atoms with van der Waals surface area (Å²) >= 11 is 0. The number of rotatable bonds is 3. The first-order valence-corrected chi connectivity index (χ1v) is 7.04. The highest BCUT2D eigenvalue weighted by atomic mass is 16.6. The van der Waals surface area contributed by atoms with Crippen LogP contribution in [0.4, 0.5) is 4.79 Å². The molecule has 5 heteroatoms. The number of nitrogens with zero attached hydrogens (tertiary/aromatic N) is 1. The zero-order valence-electron chi connectivity index (χ0n) is 12.9. The Balaban J connectivity index is 1.99. The number of hydrogen-bond acceptors (Lipinski definition) is 3. The number of carbonyl (C=O) groups excluding carboxylic acids is 1. The second kappa shape index (κ2) is 6.35. The Labute approximate surface area is 129 Å². The lowest BCUT2D eigenvalue weighted by Gasteiger charge is -2.19. The molecule has 114 valence electrons. The van der Waals surface area contributed by atoms with Gasteiger partial charge >= 0.3 is 6.09 Å². The Morgan fingerprint density at radius 2 is 2.23 bits per heavy atom. The number of alkyl carbamates (subject to hydrolysis) is 1. The van der Waals surface area contributed by atoms with Crippen LogP contribution in [-0.2, 0) is 4.74 Å². The van der Waals surface area contributed by atoms with Gasteiger partial charge in [0.25, 0.3) is 0 Å². The Bertz CT molecular complexity index is 745. The summed E-state index contributed by atoms with van der Waals surface area (Å²) in [6.07, 6.45) is 5.17. The monoisotopic (exact) mass is 297 g/mol. The van der Waals surface area contributed by atoms with E-state index in [0.717, 1.165) is 16.5 Å². The summed E-state index contributed by atoms with van der Waals surface area (Å²) in [6.45, 7) is 5.84. The van der Waals surface area contributed by atoms with Gasteiger partial charge in [-0.2, -0.15) is 5.26 Å². The van der Waals surface area contributed by atoms with Gasteiger partial charge in [0.15, 0.2) is 0 Å². The average Bonchev–Trinajstić information content (AvgIpc) is 2.84. The third-order valence-electron chi connectivity index (χ3n) is 2.90. The lowest BCUT2D eigenvalue weighted by atomic mass is 10.1. The molecule has 2 rings (SSSR count). The summed E-state index contributed by atoms with van der Waals surface area (Å²) in [6, 6.07) is 7.62. The molecule has 1 aromatic carbocycles. The van der Waals surface area contributed by atoms with E-state index in [4.69, 9.17) is 10.00 Å². The fourth-order valence-corrected chi connectivity index (χ4v) is 1.99. The van der Waals surface area contributed by atoms with Crippen LogP contribution in [0.3, 0.4) is 0 Å². The van der Waals surface area contributed by atoms with E-state index in [9.17, 15) is 4.79 Å². The average molecular weight is 297 g/mol. The highest BCUT2D eigenvalue weighted by Crippen LogP contribution is 2.20. The first-order chi connectivity index (χ1) is 10.4. The molecule has 0 aliphatic heterocycles. The van der Waals surface area contributed by atoms with Crippen LogP contribution in [0.2, 0.25) is 0 Å². The van der Waals surface area contributed by atoms with Crippen LogP contribution < -0.4 is 5.32 Å². The number of amides is 1. The van der Waals surface area contributed by atoms with Gasteiger partial charge in [0.05, 0.1) is 11.6 Å². The maximum absolute atomic E-state index is 11.5. The molecule has 1 amide bonds. The Kier molecular flexibility index (Phi) is 4.52. The summed E-state index contributed by atoms with van der Waals surface area (Å²) in [5, 5.41) is 12.6. The number of benzene rings is 1. The summed E-state index contributed by atoms with van der Waals surface area (Å²) in [7, 11) is 0. The maximum atomic E-state index is 11.5. The van der Waals surface area contributed by atoms with Crippen molar-refractivity contribution in [2.45, 2.75) is 26.4 Å². The summed E-state index contributed by atoms with van der Waals surface area (Å²) in [5.74, 6) is 0. The van der Waals surface area contributed by atoms with Gasteiger partial charge in [-0.3, -0.25) is 0 Å². The topological polar surface area (TPSA) is 77.9 Å². The number of carbonyl (C=O) groups is 1. The molecule has 0 fully saturated rings. The van der Waals surface area contributed by atoms with Crippen LogP contribution in [0.15, 0.2) is 30.5 Å². The smallest absolute Gasteiger partial charge is 0.407 e. The van der Waals surface area contributed by atoms with Gasteiger partial charge < -0.3 is 15.0 Å². The minimum absolute atomic E-state index is 0.375. The van der Waals surface area contributed by atoms with Crippen molar-refractivity contribution in [2.24, 2.45) is 0 Å². The SMILES string of the molecule is CC(C)(C)OC(=O)NCC=Cc1c[nH]c2ccc(C#N)cc12. The fourth-order valence-electron chi connectivity index (χ4n) is 1.99. The van der Waals surface area contributed by atoms with Crippen molar-refractivity contribution in [3.8, 4) is 6.07 Å². The van der Waals surface area contributed by atoms with E-state index >= 15 is 0 Å². The molecular formula is C17H19N3O2. The number of nitriles is 1. The third-order valence-corrected chi connectivity index (χ3v) is 2.90. The summed E-state index contributed by atoms with van der Waals surface area (Å²) in [5.41, 5.74) is 2.06. The van der Waals surface area contributed by atoms with Crippen molar-refractivity contribution in [1.82, 2.24) is 10.3 Å². The second-order valence-electron chi connectivity index (χ2n) is 5.90. The lowest BCUT2D eigenvalue weighted by molar-refractivity contribution is 0.0534. The molecule has 0 atom stereocenters. The number of aromatic nitrogens is 1. The largest absolute Gasteiger partial charge is 0.444 e. The normalized spacial score (nSPS) is 11.5. The van der Waals surface area contributed by atoms with Crippen LogP contribution in [0.25, 0.3) is 17.0 Å². The van der Waals surface area contributed by atoms with Crippen molar-refractivity contribution < 1.29 is 9.53 Å². The summed E-state index contributed by atoms with van der Waals surface area (Å²) in [4.78, 5) is 14.7. The van der Waals surface area contributed by atoms with E-state index in [1.54, 1.807) is 6.07 Å². The minimum Gasteiger partial charge on any atom is -0.444 e. The molecule has 22 heavy (non-hydrogen) atoms. The third kappa shape index (κ3) is 4.13. The molecule has 0 aliphatic rings. The van der Waals surface area contributed by atoms with Gasteiger partial charge in [0.1, 0.15) is 5.60 Å². The minimum atomic E-state index is -0.502. The van der Waals surface area contributed by atoms with Gasteiger partial charge in [-0.25, -0.2) is 4.79 Å². The van der Waals surface area contributed by atoms with Gasteiger partial charge in [-0.1, -0.05) is 12.2 Å². The van der Waals surface area contributed by atoms with E-state index in [1.165, 1.54) is 0 Å². The lowest BCUT2D eigenvalue weighted by Crippen LogP contribution is -2.32. The Hall–Kier alpha value is -2.74. The Morgan fingerprint density at radius 1 is 1.45 bits per heavy atom. The molecule has 0 saturated heterocycles. The van der Waals surface area contributed by atoms with Crippen molar-refractivity contribution >= 4 is 23.1 Å². The molecule has 2 N–H and O–H groups in total. The van der Waals surface area contributed by atoms with E-state index in [2.05, 4.69) is 16.4 Å². The predicted molar refractivity (Wildman–Crippen MR) is 86.3 cm³/mol. The molecule has 0 unspecified atom stereocenters. The molecular weight excluding hydrogens is 278 g/mol. The first-order valence-electron chi connectivity index (χ1n) is 7.04. The number of ether oxygens (including phenoxy) is 1. The van der Waals surface area contributed by atoms with Crippen molar-refractivity contribution in [3.63, 3.8) is 0 Å². The number of hydrogen-bond donors (Lipinski definition) is 2. The molecule has 0 bridgehead atoms. The number of fused-ring (bicyclic) bond motifs is 1. The second-order valence-corrected chi connectivity index (χ2v) is 5.90. The van der Waals surface area contributed by atoms with E-state index in [0.29, 0.717) is 12.1 Å². The molecule has 0 radical (unpaired) electrons. The van der Waals surface area contributed by atoms with Crippen LogP contribution in [0.1, 0.15) is 31.9 Å². The quantitative estimate of drug-likeness (QED) is 0.909. The maximum Gasteiger partial charge on any atom is 0.407 e. The van der Waals surface area contributed by atoms with Gasteiger partial charge in [-0.15, -0.1) is 0 Å². The number of nitrogens with one attached hydrogen (secondary N) is 2. The standard InChI is InChI=1S/C17H19N3O2/c1-17(2,3)22-16(21)19-8-4-5-13-11-20-15-7-6-12(10-18)9-14(13)15/h4-7,9,11,20H,8H2,1-3H3,(H,19,21). The first kappa shape index (κ1) is 15.6.